The van der Waals surface area contributed by atoms with Gasteiger partial charge in [0.1, 0.15) is 11.6 Å². The number of carbonyl (C=O) groups is 1. The Hall–Kier alpha value is -2.02. The van der Waals surface area contributed by atoms with Gasteiger partial charge in [-0.05, 0) is 34.1 Å². The lowest BCUT2D eigenvalue weighted by molar-refractivity contribution is 0.0954. The van der Waals surface area contributed by atoms with Crippen molar-refractivity contribution >= 4 is 27.7 Å². The minimum Gasteiger partial charge on any atom is -0.367 e. The zero-order valence-corrected chi connectivity index (χ0v) is 12.0. The van der Waals surface area contributed by atoms with E-state index in [2.05, 4.69) is 36.5 Å². The van der Waals surface area contributed by atoms with Gasteiger partial charge in [-0.2, -0.15) is 0 Å². The number of benzene rings is 1. The average molecular weight is 339 g/mol. The molecule has 104 valence electrons. The second-order valence-electron chi connectivity index (χ2n) is 3.90. The summed E-state index contributed by atoms with van der Waals surface area (Å²) in [7, 11) is 0. The Morgan fingerprint density at radius 1 is 1.30 bits per heavy atom. The van der Waals surface area contributed by atoms with Gasteiger partial charge in [0.25, 0.3) is 5.91 Å². The largest absolute Gasteiger partial charge is 0.367 e. The minimum absolute atomic E-state index is 0.268. The molecule has 0 saturated carbocycles. The number of nitrogens with one attached hydrogen (secondary N) is 2. The first-order valence-corrected chi connectivity index (χ1v) is 6.69. The topological polar surface area (TPSA) is 66.9 Å². The zero-order valence-electron chi connectivity index (χ0n) is 10.4. The number of aromatic nitrogens is 2. The summed E-state index contributed by atoms with van der Waals surface area (Å²) in [6, 6.07) is 3.98. The summed E-state index contributed by atoms with van der Waals surface area (Å²) in [5.41, 5.74) is 0.268. The molecule has 1 heterocycles. The van der Waals surface area contributed by atoms with Crippen LogP contribution < -0.4 is 10.6 Å². The van der Waals surface area contributed by atoms with Crippen molar-refractivity contribution in [2.45, 2.75) is 0 Å². The molecule has 2 rings (SSSR count). The number of halogens is 2. The number of hydrogen-bond acceptors (Lipinski definition) is 4. The van der Waals surface area contributed by atoms with E-state index in [0.717, 1.165) is 0 Å². The van der Waals surface area contributed by atoms with E-state index in [1.54, 1.807) is 18.6 Å². The van der Waals surface area contributed by atoms with E-state index in [1.165, 1.54) is 18.2 Å². The van der Waals surface area contributed by atoms with Crippen molar-refractivity contribution in [3.8, 4) is 0 Å². The number of carbonyl (C=O) groups excluding carboxylic acids is 1. The highest BCUT2D eigenvalue weighted by Crippen LogP contribution is 2.17. The van der Waals surface area contributed by atoms with Gasteiger partial charge in [0, 0.05) is 30.0 Å². The standard InChI is InChI=1S/C13H12BrFN4O/c14-11-2-1-9(15)7-10(11)13(20)19-6-5-18-12-8-16-3-4-17-12/h1-4,7-8H,5-6H2,(H,17,18)(H,19,20). The first-order chi connectivity index (χ1) is 9.66. The molecule has 0 radical (unpaired) electrons. The highest BCUT2D eigenvalue weighted by molar-refractivity contribution is 9.10. The number of anilines is 1. The predicted molar refractivity (Wildman–Crippen MR) is 77.0 cm³/mol. The van der Waals surface area contributed by atoms with Crippen LogP contribution in [0.1, 0.15) is 10.4 Å². The van der Waals surface area contributed by atoms with Gasteiger partial charge in [0.15, 0.2) is 0 Å². The summed E-state index contributed by atoms with van der Waals surface area (Å²) in [5.74, 6) is -0.151. The van der Waals surface area contributed by atoms with E-state index in [4.69, 9.17) is 0 Å². The van der Waals surface area contributed by atoms with Crippen LogP contribution in [-0.2, 0) is 0 Å². The van der Waals surface area contributed by atoms with Gasteiger partial charge in [0.05, 0.1) is 11.8 Å². The van der Waals surface area contributed by atoms with Crippen molar-refractivity contribution < 1.29 is 9.18 Å². The van der Waals surface area contributed by atoms with E-state index in [0.29, 0.717) is 23.4 Å². The van der Waals surface area contributed by atoms with Crippen LogP contribution in [0.15, 0.2) is 41.3 Å². The third-order valence-electron chi connectivity index (χ3n) is 2.45. The maximum atomic E-state index is 13.1. The lowest BCUT2D eigenvalue weighted by Gasteiger charge is -2.08. The summed E-state index contributed by atoms with van der Waals surface area (Å²) < 4.78 is 13.6. The molecule has 0 unspecified atom stereocenters. The molecule has 1 amide bonds. The Bertz CT molecular complexity index is 594. The molecule has 0 bridgehead atoms. The first-order valence-electron chi connectivity index (χ1n) is 5.90. The maximum Gasteiger partial charge on any atom is 0.252 e. The Morgan fingerprint density at radius 3 is 2.90 bits per heavy atom. The summed E-state index contributed by atoms with van der Waals surface area (Å²) in [5, 5.41) is 5.69. The third kappa shape index (κ3) is 3.99. The molecule has 0 aliphatic heterocycles. The van der Waals surface area contributed by atoms with Crippen LogP contribution in [0, 0.1) is 5.82 Å². The number of amides is 1. The molecular formula is C13H12BrFN4O. The van der Waals surface area contributed by atoms with E-state index in [1.807, 2.05) is 0 Å². The van der Waals surface area contributed by atoms with Crippen LogP contribution in [0.5, 0.6) is 0 Å². The normalized spacial score (nSPS) is 10.1. The molecule has 2 N–H and O–H groups in total. The Kier molecular flexibility index (Phi) is 5.00. The van der Waals surface area contributed by atoms with Crippen molar-refractivity contribution in [3.63, 3.8) is 0 Å². The molecule has 0 aliphatic rings. The second kappa shape index (κ2) is 6.95. The van der Waals surface area contributed by atoms with E-state index >= 15 is 0 Å². The van der Waals surface area contributed by atoms with Crippen LogP contribution in [0.2, 0.25) is 0 Å². The van der Waals surface area contributed by atoms with Gasteiger partial charge in [0.2, 0.25) is 0 Å². The van der Waals surface area contributed by atoms with Gasteiger partial charge in [-0.25, -0.2) is 9.37 Å². The lowest BCUT2D eigenvalue weighted by Crippen LogP contribution is -2.29. The van der Waals surface area contributed by atoms with Gasteiger partial charge in [-0.1, -0.05) is 0 Å². The van der Waals surface area contributed by atoms with Crippen LogP contribution in [0.3, 0.4) is 0 Å². The Morgan fingerprint density at radius 2 is 2.15 bits per heavy atom. The highest BCUT2D eigenvalue weighted by Gasteiger charge is 2.10. The molecule has 0 atom stereocenters. The van der Waals surface area contributed by atoms with Gasteiger partial charge >= 0.3 is 0 Å². The van der Waals surface area contributed by atoms with Gasteiger partial charge in [-0.15, -0.1) is 0 Å². The zero-order chi connectivity index (χ0) is 14.4. The highest BCUT2D eigenvalue weighted by atomic mass is 79.9. The monoisotopic (exact) mass is 338 g/mol. The number of hydrogen-bond donors (Lipinski definition) is 2. The first kappa shape index (κ1) is 14.4. The summed E-state index contributed by atoms with van der Waals surface area (Å²) in [6.07, 6.45) is 4.74. The van der Waals surface area contributed by atoms with Gasteiger partial charge in [-0.3, -0.25) is 9.78 Å². The SMILES string of the molecule is O=C(NCCNc1cnccn1)c1cc(F)ccc1Br. The lowest BCUT2D eigenvalue weighted by atomic mass is 10.2. The average Bonchev–Trinajstić information content (AvgIpc) is 2.47. The quantitative estimate of drug-likeness (QED) is 0.820. The van der Waals surface area contributed by atoms with Crippen molar-refractivity contribution in [1.29, 1.82) is 0 Å². The molecule has 0 saturated heterocycles. The van der Waals surface area contributed by atoms with Crippen molar-refractivity contribution in [1.82, 2.24) is 15.3 Å². The number of nitrogens with zero attached hydrogens (tertiary/aromatic N) is 2. The van der Waals surface area contributed by atoms with Crippen LogP contribution >= 0.6 is 15.9 Å². The Balaban J connectivity index is 1.82. The molecule has 1 aromatic carbocycles. The molecule has 5 nitrogen and oxygen atoms in total. The smallest absolute Gasteiger partial charge is 0.252 e. The number of rotatable bonds is 5. The third-order valence-corrected chi connectivity index (χ3v) is 3.14. The van der Waals surface area contributed by atoms with Crippen LogP contribution in [0.4, 0.5) is 10.2 Å². The molecule has 0 aliphatic carbocycles. The van der Waals surface area contributed by atoms with Crippen molar-refractivity contribution in [2.75, 3.05) is 18.4 Å². The van der Waals surface area contributed by atoms with Crippen molar-refractivity contribution in [3.05, 3.63) is 52.6 Å². The van der Waals surface area contributed by atoms with Crippen LogP contribution in [-0.4, -0.2) is 29.0 Å². The summed E-state index contributed by atoms with van der Waals surface area (Å²) in [4.78, 5) is 19.8. The van der Waals surface area contributed by atoms with Crippen molar-refractivity contribution in [2.24, 2.45) is 0 Å². The minimum atomic E-state index is -0.448. The Labute approximate surface area is 123 Å². The summed E-state index contributed by atoms with van der Waals surface area (Å²) >= 11 is 3.22. The fraction of sp³-hybridized carbons (Fsp3) is 0.154. The van der Waals surface area contributed by atoms with E-state index in [-0.39, 0.29) is 11.5 Å². The van der Waals surface area contributed by atoms with E-state index < -0.39 is 5.82 Å². The van der Waals surface area contributed by atoms with E-state index in [9.17, 15) is 9.18 Å². The molecule has 7 heteroatoms. The summed E-state index contributed by atoms with van der Waals surface area (Å²) in [6.45, 7) is 0.885. The molecular weight excluding hydrogens is 327 g/mol. The van der Waals surface area contributed by atoms with Crippen LogP contribution in [0.25, 0.3) is 0 Å². The second-order valence-corrected chi connectivity index (χ2v) is 4.75. The molecule has 0 fully saturated rings. The molecule has 0 spiro atoms. The maximum absolute atomic E-state index is 13.1. The molecule has 1 aromatic heterocycles. The molecule has 20 heavy (non-hydrogen) atoms. The fourth-order valence-corrected chi connectivity index (χ4v) is 1.95. The predicted octanol–water partition coefficient (Wildman–Crippen LogP) is 2.22. The van der Waals surface area contributed by atoms with Gasteiger partial charge < -0.3 is 10.6 Å². The fourth-order valence-electron chi connectivity index (χ4n) is 1.52. The molecule has 2 aromatic rings.